The lowest BCUT2D eigenvalue weighted by atomic mass is 9.85. The molecule has 3 aromatic carbocycles. The van der Waals surface area contributed by atoms with E-state index in [4.69, 9.17) is 14.2 Å². The molecule has 0 aliphatic carbocycles. The minimum atomic E-state index is -1.00. The number of rotatable bonds is 22. The Morgan fingerprint density at radius 1 is 0.908 bits per heavy atom. The highest BCUT2D eigenvalue weighted by Crippen LogP contribution is 2.34. The average molecular weight is 1060 g/mol. The zero-order valence-corrected chi connectivity index (χ0v) is 46.5. The Hall–Kier alpha value is -6.24. The molecular weight excluding hydrogens is 983 g/mol. The second kappa shape index (κ2) is 26.2. The number of hydrogen-bond donors (Lipinski definition) is 5. The summed E-state index contributed by atoms with van der Waals surface area (Å²) < 4.78 is 17.3. The Morgan fingerprint density at radius 3 is 2.29 bits per heavy atom. The van der Waals surface area contributed by atoms with Gasteiger partial charge in [0.1, 0.15) is 18.7 Å². The van der Waals surface area contributed by atoms with Gasteiger partial charge in [-0.2, -0.15) is 0 Å². The van der Waals surface area contributed by atoms with Gasteiger partial charge in [-0.25, -0.2) is 4.98 Å². The Kier molecular flexibility index (Phi) is 19.8. The summed E-state index contributed by atoms with van der Waals surface area (Å²) in [5, 5.41) is 19.6. The van der Waals surface area contributed by atoms with E-state index in [1.165, 1.54) is 16.2 Å². The third-order valence-corrected chi connectivity index (χ3v) is 15.5. The molecule has 2 aliphatic rings. The summed E-state index contributed by atoms with van der Waals surface area (Å²) >= 11 is 1.57. The molecule has 0 radical (unpaired) electrons. The van der Waals surface area contributed by atoms with E-state index < -0.39 is 35.4 Å². The summed E-state index contributed by atoms with van der Waals surface area (Å²) in [5.41, 5.74) is 11.4. The van der Waals surface area contributed by atoms with Crippen molar-refractivity contribution in [1.29, 1.82) is 0 Å². The van der Waals surface area contributed by atoms with Gasteiger partial charge < -0.3 is 50.1 Å². The van der Waals surface area contributed by atoms with Crippen molar-refractivity contribution in [2.24, 2.45) is 5.41 Å². The number of carbonyl (C=O) groups excluding carboxylic acids is 4. The van der Waals surface area contributed by atoms with Crippen LogP contribution in [-0.2, 0) is 41.6 Å². The van der Waals surface area contributed by atoms with Gasteiger partial charge >= 0.3 is 0 Å². The first-order valence-corrected chi connectivity index (χ1v) is 27.5. The molecule has 5 aromatic rings. The average Bonchev–Trinajstić information content (AvgIpc) is 4.02. The highest BCUT2D eigenvalue weighted by Gasteiger charge is 2.45. The second-order valence-corrected chi connectivity index (χ2v) is 22.1. The maximum absolute atomic E-state index is 14.2. The number of aryl methyl sites for hydroxylation is 5. The number of aliphatic hydroxyl groups excluding tert-OH is 1. The zero-order chi connectivity index (χ0) is 54.7. The molecule has 7 rings (SSSR count). The summed E-state index contributed by atoms with van der Waals surface area (Å²) in [4.78, 5) is 80.3. The number of hydrogen-bond acceptors (Lipinski definition) is 12. The number of benzene rings is 3. The Labute approximate surface area is 451 Å². The lowest BCUT2D eigenvalue weighted by Crippen LogP contribution is -2.58. The number of amides is 4. The lowest BCUT2D eigenvalue weighted by Gasteiger charge is -2.36. The summed E-state index contributed by atoms with van der Waals surface area (Å²) in [5.74, 6) is -1.62. The number of aliphatic hydroxyl groups is 1. The normalized spacial score (nSPS) is 16.8. The molecule has 0 bridgehead atoms. The molecule has 5 N–H and O–H groups in total. The molecule has 0 spiro atoms. The minimum Gasteiger partial charge on any atom is -0.391 e. The van der Waals surface area contributed by atoms with Gasteiger partial charge in [-0.05, 0) is 130 Å². The molecule has 16 nitrogen and oxygen atoms in total. The minimum absolute atomic E-state index is 0.0378. The number of pyridine rings is 1. The largest absolute Gasteiger partial charge is 0.391 e. The van der Waals surface area contributed by atoms with Crippen LogP contribution in [-0.4, -0.2) is 121 Å². The third-order valence-electron chi connectivity index (χ3n) is 14.5. The van der Waals surface area contributed by atoms with Crippen molar-refractivity contribution in [1.82, 2.24) is 30.8 Å². The molecule has 4 amide bonds. The number of aromatic amines is 1. The van der Waals surface area contributed by atoms with E-state index in [2.05, 4.69) is 68.9 Å². The zero-order valence-electron chi connectivity index (χ0n) is 45.7. The Morgan fingerprint density at radius 2 is 1.61 bits per heavy atom. The van der Waals surface area contributed by atoms with Crippen LogP contribution in [0.1, 0.15) is 116 Å². The fourth-order valence-corrected chi connectivity index (χ4v) is 11.1. The molecule has 76 heavy (non-hydrogen) atoms. The molecule has 2 fully saturated rings. The van der Waals surface area contributed by atoms with Gasteiger partial charge in [0.05, 0.1) is 41.4 Å². The smallest absolute Gasteiger partial charge is 0.253 e. The Bertz CT molecular complexity index is 2870. The standard InChI is InChI=1S/C59H77N7O9S/c1-10-65(46-21-24-74-25-22-46)50-30-45(14-13-36(50)2)44-20-17-42(48(29-44)55(69)60-32-49-37(3)28-38(4)62-56(49)70)12-11-23-73-26-27-75-34-52(68)64-54(59(7,8)9)58(72)66-33-47(67)31-51(66)57(71)63-39(5)41-15-18-43(19-16-41)53-40(6)61-35-76-53/h13-20,28-30,35,39,46-47,51,54,67H,10-12,21-27,31-34H2,1-9H3,(H,60,69)(H,62,70)(H,63,71)(H,64,68)/t39?,47-,51+,54?/m1/s1. The molecule has 408 valence electrons. The van der Waals surface area contributed by atoms with E-state index in [-0.39, 0.29) is 62.7 Å². The number of nitrogens with zero attached hydrogens (tertiary/aromatic N) is 3. The van der Waals surface area contributed by atoms with E-state index in [0.717, 1.165) is 82.2 Å². The number of H-pyrrole nitrogens is 1. The van der Waals surface area contributed by atoms with E-state index in [1.807, 2.05) is 96.4 Å². The van der Waals surface area contributed by atoms with Crippen LogP contribution in [0.4, 0.5) is 5.69 Å². The van der Waals surface area contributed by atoms with Crippen molar-refractivity contribution in [3.63, 3.8) is 0 Å². The van der Waals surface area contributed by atoms with Crippen molar-refractivity contribution in [2.75, 3.05) is 57.6 Å². The van der Waals surface area contributed by atoms with Gasteiger partial charge in [0.25, 0.3) is 11.5 Å². The van der Waals surface area contributed by atoms with Crippen LogP contribution >= 0.6 is 11.3 Å². The lowest BCUT2D eigenvalue weighted by molar-refractivity contribution is -0.144. The molecule has 2 aromatic heterocycles. The van der Waals surface area contributed by atoms with Crippen LogP contribution in [0.25, 0.3) is 21.6 Å². The number of thiazole rings is 1. The number of β-amino-alcohol motifs (C(OH)–C–C–N with tert-alkyl or cyclic N) is 1. The number of aromatic nitrogens is 2. The van der Waals surface area contributed by atoms with E-state index >= 15 is 0 Å². The van der Waals surface area contributed by atoms with Crippen LogP contribution < -0.4 is 26.4 Å². The number of carbonyl (C=O) groups is 4. The molecule has 4 atom stereocenters. The predicted molar refractivity (Wildman–Crippen MR) is 297 cm³/mol. The van der Waals surface area contributed by atoms with Gasteiger partial charge in [0, 0.05) is 74.4 Å². The SMILES string of the molecule is CCN(c1cc(-c2ccc(CCCOCCOCC(=O)NC(C(=O)N3C[C@H](O)C[C@H]3C(=O)NC(C)c3ccc(-c4scnc4C)cc3)C(C)(C)C)c(C(=O)NCc3c(C)cc(C)[nH]c3=O)c2)ccc1C)C1CCOCC1. The molecule has 17 heteroatoms. The van der Waals surface area contributed by atoms with Gasteiger partial charge in [-0.3, -0.25) is 24.0 Å². The van der Waals surface area contributed by atoms with Gasteiger partial charge in [-0.1, -0.05) is 69.3 Å². The highest BCUT2D eigenvalue weighted by molar-refractivity contribution is 7.13. The van der Waals surface area contributed by atoms with E-state index in [9.17, 15) is 29.1 Å². The number of ether oxygens (including phenoxy) is 3. The highest BCUT2D eigenvalue weighted by atomic mass is 32.1. The molecule has 4 heterocycles. The first-order valence-electron chi connectivity index (χ1n) is 26.6. The van der Waals surface area contributed by atoms with Crippen LogP contribution in [0.2, 0.25) is 0 Å². The first kappa shape index (κ1) is 57.5. The number of likely N-dealkylation sites (tertiary alicyclic amines) is 1. The van der Waals surface area contributed by atoms with Crippen molar-refractivity contribution in [3.05, 3.63) is 127 Å². The number of anilines is 1. The molecule has 2 saturated heterocycles. The molecule has 2 aliphatic heterocycles. The third kappa shape index (κ3) is 14.6. The van der Waals surface area contributed by atoms with Crippen LogP contribution in [0.5, 0.6) is 0 Å². The van der Waals surface area contributed by atoms with Gasteiger partial charge in [0.2, 0.25) is 17.7 Å². The molecular formula is C59H77N7O9S. The quantitative estimate of drug-likeness (QED) is 0.0426. The van der Waals surface area contributed by atoms with Crippen LogP contribution in [0.3, 0.4) is 0 Å². The summed E-state index contributed by atoms with van der Waals surface area (Å²) in [6, 6.07) is 20.3. The molecule has 0 saturated carbocycles. The molecule has 2 unspecified atom stereocenters. The van der Waals surface area contributed by atoms with Crippen LogP contribution in [0, 0.1) is 33.1 Å². The van der Waals surface area contributed by atoms with Crippen molar-refractivity contribution >= 4 is 40.7 Å². The van der Waals surface area contributed by atoms with E-state index in [1.54, 1.807) is 11.3 Å². The fraction of sp³-hybridized carbons (Fsp3) is 0.492. The monoisotopic (exact) mass is 1060 g/mol. The predicted octanol–water partition coefficient (Wildman–Crippen LogP) is 7.67. The van der Waals surface area contributed by atoms with Crippen molar-refractivity contribution < 1.29 is 38.5 Å². The first-order chi connectivity index (χ1) is 36.3. The Balaban J connectivity index is 0.914. The summed E-state index contributed by atoms with van der Waals surface area (Å²) in [6.45, 7) is 20.1. The maximum atomic E-state index is 14.2. The van der Waals surface area contributed by atoms with Crippen molar-refractivity contribution in [2.45, 2.75) is 131 Å². The van der Waals surface area contributed by atoms with Crippen LogP contribution in [0.15, 0.2) is 77.0 Å². The fourth-order valence-electron chi connectivity index (χ4n) is 10.2. The maximum Gasteiger partial charge on any atom is 0.253 e. The van der Waals surface area contributed by atoms with Gasteiger partial charge in [0.15, 0.2) is 0 Å². The summed E-state index contributed by atoms with van der Waals surface area (Å²) in [7, 11) is 0. The van der Waals surface area contributed by atoms with Gasteiger partial charge in [-0.15, -0.1) is 11.3 Å². The summed E-state index contributed by atoms with van der Waals surface area (Å²) in [6.07, 6.45) is 2.26. The second-order valence-electron chi connectivity index (χ2n) is 21.3. The van der Waals surface area contributed by atoms with E-state index in [0.29, 0.717) is 36.6 Å². The van der Waals surface area contributed by atoms with Crippen molar-refractivity contribution in [3.8, 4) is 21.6 Å². The topological polar surface area (TPSA) is 205 Å². The number of nitrogens with one attached hydrogen (secondary N) is 4.